The van der Waals surface area contributed by atoms with Gasteiger partial charge in [0.1, 0.15) is 0 Å². The van der Waals surface area contributed by atoms with Gasteiger partial charge in [0.2, 0.25) is 5.91 Å². The van der Waals surface area contributed by atoms with Crippen LogP contribution in [-0.2, 0) is 4.79 Å². The second-order valence-electron chi connectivity index (χ2n) is 6.37. The highest BCUT2D eigenvalue weighted by molar-refractivity contribution is 8.19. The topological polar surface area (TPSA) is 58.2 Å². The number of amides is 2. The molecule has 3 rings (SSSR count). The monoisotopic (exact) mass is 386 g/mol. The van der Waals surface area contributed by atoms with Crippen molar-refractivity contribution in [3.8, 4) is 0 Å². The Balaban J connectivity index is 1.59. The van der Waals surface area contributed by atoms with Crippen molar-refractivity contribution >= 4 is 46.7 Å². The van der Waals surface area contributed by atoms with Crippen molar-refractivity contribution in [2.75, 3.05) is 22.1 Å². The lowest BCUT2D eigenvalue weighted by molar-refractivity contribution is -0.118. The third kappa shape index (κ3) is 4.83. The Labute approximate surface area is 162 Å². The number of rotatable bonds is 5. The highest BCUT2D eigenvalue weighted by Crippen LogP contribution is 2.45. The standard InChI is InChI=1S/C20H22N2O2S2/c1-13(2)18(23)21-16-7-9-17(10-8-16)22-19(24)14-3-5-15(6-4-14)20-25-11-12-26-20/h3-10,13,20H,11-12H2,1-2H3,(H,21,23)(H,22,24). The molecule has 0 bridgehead atoms. The molecule has 1 aliphatic heterocycles. The van der Waals surface area contributed by atoms with E-state index in [2.05, 4.69) is 10.6 Å². The minimum Gasteiger partial charge on any atom is -0.326 e. The maximum absolute atomic E-state index is 12.4. The SMILES string of the molecule is CC(C)C(=O)Nc1ccc(NC(=O)c2ccc(C3SCCS3)cc2)cc1. The van der Waals surface area contributed by atoms with Gasteiger partial charge in [0.15, 0.2) is 0 Å². The maximum Gasteiger partial charge on any atom is 0.255 e. The Kier molecular flexibility index (Phi) is 6.27. The highest BCUT2D eigenvalue weighted by Gasteiger charge is 2.18. The summed E-state index contributed by atoms with van der Waals surface area (Å²) in [6.45, 7) is 3.69. The summed E-state index contributed by atoms with van der Waals surface area (Å²) >= 11 is 3.90. The van der Waals surface area contributed by atoms with Crippen LogP contribution in [0.5, 0.6) is 0 Å². The predicted octanol–water partition coefficient (Wildman–Crippen LogP) is 5.01. The number of hydrogen-bond donors (Lipinski definition) is 2. The molecule has 0 radical (unpaired) electrons. The Bertz CT molecular complexity index is 767. The van der Waals surface area contributed by atoms with Crippen molar-refractivity contribution in [2.24, 2.45) is 5.92 Å². The van der Waals surface area contributed by atoms with Gasteiger partial charge in [-0.25, -0.2) is 0 Å². The number of carbonyl (C=O) groups excluding carboxylic acids is 2. The van der Waals surface area contributed by atoms with Crippen molar-refractivity contribution in [2.45, 2.75) is 18.4 Å². The molecule has 0 atom stereocenters. The number of nitrogens with one attached hydrogen (secondary N) is 2. The van der Waals surface area contributed by atoms with E-state index in [-0.39, 0.29) is 17.7 Å². The largest absolute Gasteiger partial charge is 0.326 e. The number of carbonyl (C=O) groups is 2. The van der Waals surface area contributed by atoms with Gasteiger partial charge in [0.05, 0.1) is 4.58 Å². The molecule has 2 aromatic carbocycles. The van der Waals surface area contributed by atoms with Crippen LogP contribution in [0, 0.1) is 5.92 Å². The summed E-state index contributed by atoms with van der Waals surface area (Å²) in [7, 11) is 0. The van der Waals surface area contributed by atoms with Crippen LogP contribution in [0.1, 0.15) is 34.4 Å². The van der Waals surface area contributed by atoms with Crippen LogP contribution in [0.4, 0.5) is 11.4 Å². The molecule has 0 aromatic heterocycles. The molecule has 1 fully saturated rings. The number of hydrogen-bond acceptors (Lipinski definition) is 4. The first-order valence-corrected chi connectivity index (χ1v) is 10.7. The molecule has 1 aliphatic rings. The lowest BCUT2D eigenvalue weighted by Gasteiger charge is -2.11. The molecule has 2 N–H and O–H groups in total. The average Bonchev–Trinajstić information content (AvgIpc) is 3.18. The first-order valence-electron chi connectivity index (χ1n) is 8.58. The predicted molar refractivity (Wildman–Crippen MR) is 112 cm³/mol. The normalized spacial score (nSPS) is 14.4. The summed E-state index contributed by atoms with van der Waals surface area (Å²) in [5.74, 6) is 2.14. The van der Waals surface area contributed by atoms with Gasteiger partial charge >= 0.3 is 0 Å². The van der Waals surface area contributed by atoms with Gasteiger partial charge in [0.25, 0.3) is 5.91 Å². The summed E-state index contributed by atoms with van der Waals surface area (Å²) < 4.78 is 0.487. The fraction of sp³-hybridized carbons (Fsp3) is 0.300. The van der Waals surface area contributed by atoms with Crippen molar-refractivity contribution in [3.05, 3.63) is 59.7 Å². The highest BCUT2D eigenvalue weighted by atomic mass is 32.2. The number of benzene rings is 2. The van der Waals surface area contributed by atoms with Crippen molar-refractivity contribution < 1.29 is 9.59 Å². The van der Waals surface area contributed by atoms with Gasteiger partial charge in [-0.05, 0) is 42.0 Å². The third-order valence-corrected chi connectivity index (χ3v) is 7.11. The molecule has 4 nitrogen and oxygen atoms in total. The summed E-state index contributed by atoms with van der Waals surface area (Å²) in [5.41, 5.74) is 3.32. The third-order valence-electron chi connectivity index (χ3n) is 4.00. The molecular weight excluding hydrogens is 364 g/mol. The fourth-order valence-corrected chi connectivity index (χ4v) is 5.33. The average molecular weight is 387 g/mol. The van der Waals surface area contributed by atoms with Crippen LogP contribution in [-0.4, -0.2) is 23.3 Å². The summed E-state index contributed by atoms with van der Waals surface area (Å²) in [6, 6.07) is 15.0. The van der Waals surface area contributed by atoms with E-state index in [1.54, 1.807) is 24.3 Å². The fourth-order valence-electron chi connectivity index (χ4n) is 2.47. The van der Waals surface area contributed by atoms with Crippen LogP contribution < -0.4 is 10.6 Å². The number of thioether (sulfide) groups is 2. The minimum atomic E-state index is -0.137. The minimum absolute atomic E-state index is 0.0273. The molecule has 1 heterocycles. The second kappa shape index (κ2) is 8.64. The van der Waals surface area contributed by atoms with Crippen LogP contribution in [0.3, 0.4) is 0 Å². The molecule has 6 heteroatoms. The van der Waals surface area contributed by atoms with Crippen LogP contribution in [0.25, 0.3) is 0 Å². The molecular formula is C20H22N2O2S2. The van der Waals surface area contributed by atoms with Gasteiger partial charge in [-0.2, -0.15) is 0 Å². The van der Waals surface area contributed by atoms with E-state index in [9.17, 15) is 9.59 Å². The molecule has 1 saturated heterocycles. The van der Waals surface area contributed by atoms with E-state index < -0.39 is 0 Å². The van der Waals surface area contributed by atoms with E-state index in [1.807, 2.05) is 61.6 Å². The first-order chi connectivity index (χ1) is 12.5. The van der Waals surface area contributed by atoms with Crippen molar-refractivity contribution in [1.29, 1.82) is 0 Å². The van der Waals surface area contributed by atoms with Crippen LogP contribution in [0.2, 0.25) is 0 Å². The quantitative estimate of drug-likeness (QED) is 0.758. The zero-order chi connectivity index (χ0) is 18.5. The van der Waals surface area contributed by atoms with Gasteiger partial charge in [-0.15, -0.1) is 23.5 Å². The second-order valence-corrected chi connectivity index (χ2v) is 9.10. The zero-order valence-electron chi connectivity index (χ0n) is 14.8. The smallest absolute Gasteiger partial charge is 0.255 e. The van der Waals surface area contributed by atoms with Crippen molar-refractivity contribution in [1.82, 2.24) is 0 Å². The summed E-state index contributed by atoms with van der Waals surface area (Å²) in [6.07, 6.45) is 0. The van der Waals surface area contributed by atoms with Gasteiger partial charge in [-0.1, -0.05) is 26.0 Å². The van der Waals surface area contributed by atoms with Crippen LogP contribution in [0.15, 0.2) is 48.5 Å². The molecule has 0 spiro atoms. The Morgan fingerprint density at radius 3 is 1.96 bits per heavy atom. The first kappa shape index (κ1) is 18.9. The molecule has 0 unspecified atom stereocenters. The van der Waals surface area contributed by atoms with Gasteiger partial charge < -0.3 is 10.6 Å². The molecule has 136 valence electrons. The molecule has 26 heavy (non-hydrogen) atoms. The lowest BCUT2D eigenvalue weighted by atomic mass is 10.1. The molecule has 0 saturated carbocycles. The van der Waals surface area contributed by atoms with E-state index >= 15 is 0 Å². The summed E-state index contributed by atoms with van der Waals surface area (Å²) in [4.78, 5) is 24.1. The molecule has 0 aliphatic carbocycles. The van der Waals surface area contributed by atoms with Gasteiger partial charge in [0, 0.05) is 34.4 Å². The van der Waals surface area contributed by atoms with E-state index in [1.165, 1.54) is 17.1 Å². The Morgan fingerprint density at radius 2 is 1.42 bits per heavy atom. The van der Waals surface area contributed by atoms with E-state index in [4.69, 9.17) is 0 Å². The molecule has 2 amide bonds. The zero-order valence-corrected chi connectivity index (χ0v) is 16.5. The Morgan fingerprint density at radius 1 is 0.885 bits per heavy atom. The maximum atomic E-state index is 12.4. The van der Waals surface area contributed by atoms with Crippen molar-refractivity contribution in [3.63, 3.8) is 0 Å². The van der Waals surface area contributed by atoms with E-state index in [0.29, 0.717) is 15.8 Å². The lowest BCUT2D eigenvalue weighted by Crippen LogP contribution is -2.17. The van der Waals surface area contributed by atoms with Gasteiger partial charge in [-0.3, -0.25) is 9.59 Å². The Hall–Kier alpha value is -1.92. The van der Waals surface area contributed by atoms with E-state index in [0.717, 1.165) is 5.69 Å². The molecule has 2 aromatic rings. The number of anilines is 2. The summed E-state index contributed by atoms with van der Waals surface area (Å²) in [5, 5.41) is 5.72. The van der Waals surface area contributed by atoms with Crippen LogP contribution >= 0.6 is 23.5 Å².